The third-order valence-electron chi connectivity index (χ3n) is 5.61. The van der Waals surface area contributed by atoms with Crippen molar-refractivity contribution in [2.45, 2.75) is 19.1 Å². The van der Waals surface area contributed by atoms with Crippen LogP contribution in [0.3, 0.4) is 0 Å². The number of carbonyl (C=O) groups is 2. The number of amides is 2. The molecule has 150 valence electrons. The molecule has 3 aromatic carbocycles. The van der Waals surface area contributed by atoms with E-state index in [1.165, 1.54) is 4.90 Å². The van der Waals surface area contributed by atoms with Gasteiger partial charge in [-0.2, -0.15) is 0 Å². The van der Waals surface area contributed by atoms with Gasteiger partial charge in [0.2, 0.25) is 5.91 Å². The van der Waals surface area contributed by atoms with Crippen LogP contribution in [0.2, 0.25) is 5.02 Å². The topological polar surface area (TPSA) is 49.9 Å². The van der Waals surface area contributed by atoms with Gasteiger partial charge in [-0.3, -0.25) is 14.4 Å². The van der Waals surface area contributed by atoms with Crippen LogP contribution >= 0.6 is 11.6 Å². The number of imide groups is 1. The highest BCUT2D eigenvalue weighted by Crippen LogP contribution is 2.48. The molecular weight excluding hydrogens is 400 g/mol. The van der Waals surface area contributed by atoms with Crippen LogP contribution in [0.15, 0.2) is 78.9 Å². The van der Waals surface area contributed by atoms with Gasteiger partial charge in [0.15, 0.2) is 6.10 Å². The van der Waals surface area contributed by atoms with Gasteiger partial charge in [0, 0.05) is 5.02 Å². The molecule has 2 amide bonds. The fraction of sp³-hybridized carbons (Fsp3) is 0.167. The van der Waals surface area contributed by atoms with E-state index in [9.17, 15) is 9.59 Å². The molecule has 0 N–H and O–H groups in total. The summed E-state index contributed by atoms with van der Waals surface area (Å²) in [5.74, 6) is -1.33. The van der Waals surface area contributed by atoms with E-state index in [2.05, 4.69) is 0 Å². The molecule has 0 radical (unpaired) electrons. The number of halogens is 1. The van der Waals surface area contributed by atoms with E-state index < -0.39 is 18.1 Å². The molecule has 2 aliphatic rings. The van der Waals surface area contributed by atoms with E-state index in [0.717, 1.165) is 16.8 Å². The van der Waals surface area contributed by atoms with Crippen LogP contribution in [0, 0.1) is 12.8 Å². The van der Waals surface area contributed by atoms with Crippen LogP contribution < -0.4 is 9.96 Å². The second-order valence-corrected chi connectivity index (χ2v) is 7.94. The summed E-state index contributed by atoms with van der Waals surface area (Å²) in [5.41, 5.74) is 3.05. The predicted molar refractivity (Wildman–Crippen MR) is 115 cm³/mol. The van der Waals surface area contributed by atoms with Gasteiger partial charge in [-0.25, -0.2) is 9.96 Å². The largest absolute Gasteiger partial charge is 0.273 e. The smallest absolute Gasteiger partial charge is 0.266 e. The molecule has 2 aliphatic heterocycles. The van der Waals surface area contributed by atoms with Gasteiger partial charge in [-0.15, -0.1) is 0 Å². The first kappa shape index (κ1) is 18.9. The van der Waals surface area contributed by atoms with Gasteiger partial charge in [0.25, 0.3) is 5.91 Å². The molecule has 0 aliphatic carbocycles. The molecule has 2 saturated heterocycles. The number of rotatable bonds is 3. The molecule has 0 unspecified atom stereocenters. The summed E-state index contributed by atoms with van der Waals surface area (Å²) < 4.78 is 0. The Balaban J connectivity index is 1.61. The Labute approximate surface area is 179 Å². The Morgan fingerprint density at radius 3 is 2.27 bits per heavy atom. The number of aryl methyl sites for hydroxylation is 1. The Morgan fingerprint density at radius 1 is 0.833 bits per heavy atom. The standard InChI is InChI=1S/C24H19ClN2O3/c1-15-8-7-11-17(14-15)26-23(28)20-21(18-12-5-6-13-19(18)25)27(30-22(20)24(26)29)16-9-3-2-4-10-16/h2-14,20-22H,1H3/t20-,21+,22-/m0/s1. The van der Waals surface area contributed by atoms with Crippen molar-refractivity contribution in [1.82, 2.24) is 0 Å². The second-order valence-electron chi connectivity index (χ2n) is 7.53. The monoisotopic (exact) mass is 418 g/mol. The SMILES string of the molecule is Cc1cccc(N2C(=O)[C@@H]3[C@H](ON(c4ccccc4)[C@@H]3c3ccccc3Cl)C2=O)c1. The number of hydrogen-bond acceptors (Lipinski definition) is 4. The molecule has 3 atom stereocenters. The Bertz CT molecular complexity index is 1130. The van der Waals surface area contributed by atoms with Gasteiger partial charge < -0.3 is 0 Å². The van der Waals surface area contributed by atoms with Gasteiger partial charge in [-0.05, 0) is 48.4 Å². The molecule has 5 nitrogen and oxygen atoms in total. The number of para-hydroxylation sites is 1. The molecule has 0 spiro atoms. The van der Waals surface area contributed by atoms with Crippen molar-refractivity contribution < 1.29 is 14.4 Å². The molecule has 2 heterocycles. The lowest BCUT2D eigenvalue weighted by molar-refractivity contribution is -0.126. The van der Waals surface area contributed by atoms with Crippen LogP contribution in [-0.4, -0.2) is 17.9 Å². The Hall–Kier alpha value is -3.15. The van der Waals surface area contributed by atoms with Crippen LogP contribution in [0.25, 0.3) is 0 Å². The molecule has 0 bridgehead atoms. The normalized spacial score (nSPS) is 23.2. The number of hydrogen-bond donors (Lipinski definition) is 0. The first-order valence-corrected chi connectivity index (χ1v) is 10.1. The highest BCUT2D eigenvalue weighted by atomic mass is 35.5. The predicted octanol–water partition coefficient (Wildman–Crippen LogP) is 4.70. The second kappa shape index (κ2) is 7.27. The minimum atomic E-state index is -0.903. The Morgan fingerprint density at radius 2 is 1.53 bits per heavy atom. The molecule has 5 rings (SSSR count). The Kier molecular flexibility index (Phi) is 4.57. The number of benzene rings is 3. The quantitative estimate of drug-likeness (QED) is 0.578. The molecule has 3 aromatic rings. The van der Waals surface area contributed by atoms with Crippen molar-refractivity contribution >= 4 is 34.8 Å². The van der Waals surface area contributed by atoms with Gasteiger partial charge in [0.05, 0.1) is 17.4 Å². The van der Waals surface area contributed by atoms with Crippen LogP contribution in [0.5, 0.6) is 0 Å². The maximum atomic E-state index is 13.5. The number of anilines is 2. The van der Waals surface area contributed by atoms with Crippen LogP contribution in [0.4, 0.5) is 11.4 Å². The van der Waals surface area contributed by atoms with Crippen molar-refractivity contribution in [3.63, 3.8) is 0 Å². The fourth-order valence-electron chi connectivity index (χ4n) is 4.27. The third kappa shape index (κ3) is 2.90. The van der Waals surface area contributed by atoms with E-state index in [0.29, 0.717) is 10.7 Å². The lowest BCUT2D eigenvalue weighted by Gasteiger charge is -2.29. The number of carbonyl (C=O) groups excluding carboxylic acids is 2. The molecule has 2 fully saturated rings. The molecular formula is C24H19ClN2O3. The zero-order chi connectivity index (χ0) is 20.8. The van der Waals surface area contributed by atoms with Gasteiger partial charge in [0.1, 0.15) is 5.92 Å². The summed E-state index contributed by atoms with van der Waals surface area (Å²) in [7, 11) is 0. The highest BCUT2D eigenvalue weighted by molar-refractivity contribution is 6.31. The van der Waals surface area contributed by atoms with E-state index in [1.54, 1.807) is 17.2 Å². The van der Waals surface area contributed by atoms with Crippen molar-refractivity contribution in [1.29, 1.82) is 0 Å². The summed E-state index contributed by atoms with van der Waals surface area (Å²) in [5, 5.41) is 2.18. The maximum absolute atomic E-state index is 13.5. The first-order chi connectivity index (χ1) is 14.6. The zero-order valence-electron chi connectivity index (χ0n) is 16.2. The zero-order valence-corrected chi connectivity index (χ0v) is 17.0. The molecule has 0 aromatic heterocycles. The van der Waals surface area contributed by atoms with E-state index in [4.69, 9.17) is 16.4 Å². The number of fused-ring (bicyclic) bond motifs is 1. The maximum Gasteiger partial charge on any atom is 0.266 e. The minimum absolute atomic E-state index is 0.279. The fourth-order valence-corrected chi connectivity index (χ4v) is 4.51. The van der Waals surface area contributed by atoms with E-state index in [-0.39, 0.29) is 11.8 Å². The summed E-state index contributed by atoms with van der Waals surface area (Å²) in [6, 6.07) is 23.7. The minimum Gasteiger partial charge on any atom is -0.273 e. The first-order valence-electron chi connectivity index (χ1n) is 9.76. The van der Waals surface area contributed by atoms with Crippen molar-refractivity contribution in [2.75, 3.05) is 9.96 Å². The van der Waals surface area contributed by atoms with Crippen LogP contribution in [-0.2, 0) is 14.4 Å². The van der Waals surface area contributed by atoms with Crippen LogP contribution in [0.1, 0.15) is 17.2 Å². The summed E-state index contributed by atoms with van der Waals surface area (Å²) in [4.78, 5) is 34.2. The average molecular weight is 419 g/mol. The van der Waals surface area contributed by atoms with Crippen molar-refractivity contribution in [3.05, 3.63) is 95.0 Å². The highest BCUT2D eigenvalue weighted by Gasteiger charge is 2.60. The lowest BCUT2D eigenvalue weighted by atomic mass is 9.90. The summed E-state index contributed by atoms with van der Waals surface area (Å²) in [6.07, 6.45) is -0.903. The number of nitrogens with zero attached hydrogens (tertiary/aromatic N) is 2. The van der Waals surface area contributed by atoms with Crippen molar-refractivity contribution in [3.8, 4) is 0 Å². The summed E-state index contributed by atoms with van der Waals surface area (Å²) >= 11 is 6.51. The third-order valence-corrected chi connectivity index (χ3v) is 5.95. The molecule has 30 heavy (non-hydrogen) atoms. The molecule has 0 saturated carbocycles. The van der Waals surface area contributed by atoms with Gasteiger partial charge >= 0.3 is 0 Å². The summed E-state index contributed by atoms with van der Waals surface area (Å²) in [6.45, 7) is 1.93. The average Bonchev–Trinajstić information content (AvgIpc) is 3.25. The van der Waals surface area contributed by atoms with Gasteiger partial charge in [-0.1, -0.05) is 60.1 Å². The van der Waals surface area contributed by atoms with E-state index >= 15 is 0 Å². The number of hydroxylamine groups is 1. The lowest BCUT2D eigenvalue weighted by Crippen LogP contribution is -2.37. The van der Waals surface area contributed by atoms with Crippen molar-refractivity contribution in [2.24, 2.45) is 5.92 Å². The van der Waals surface area contributed by atoms with E-state index in [1.807, 2.05) is 73.7 Å². The molecule has 6 heteroatoms.